The molecule has 3 aromatic carbocycles. The third kappa shape index (κ3) is 4.09. The number of hydrogen-bond donors (Lipinski definition) is 1. The minimum Gasteiger partial charge on any atom is -0.464 e. The number of aromatic nitrogens is 1. The molecule has 0 fully saturated rings. The number of ether oxygens (including phenoxy) is 1. The highest BCUT2D eigenvalue weighted by Crippen LogP contribution is 2.36. The van der Waals surface area contributed by atoms with Gasteiger partial charge in [-0.25, -0.2) is 27.3 Å². The van der Waals surface area contributed by atoms with Crippen LogP contribution in [0, 0.1) is 23.3 Å². The third-order valence-corrected chi connectivity index (χ3v) is 4.93. The molecule has 0 bridgehead atoms. The van der Waals surface area contributed by atoms with E-state index in [1.807, 2.05) is 0 Å². The number of oxazole rings is 1. The van der Waals surface area contributed by atoms with Crippen LogP contribution in [0.3, 0.4) is 0 Å². The summed E-state index contributed by atoms with van der Waals surface area (Å²) in [6.45, 7) is 1.20. The Labute approximate surface area is 190 Å². The number of nitrogens with zero attached hydrogens (tertiary/aromatic N) is 1. The van der Waals surface area contributed by atoms with Crippen LogP contribution in [0.4, 0.5) is 17.6 Å². The lowest BCUT2D eigenvalue weighted by Gasteiger charge is -2.20. The van der Waals surface area contributed by atoms with Gasteiger partial charge in [0, 0.05) is 5.56 Å². The third-order valence-electron chi connectivity index (χ3n) is 4.93. The van der Waals surface area contributed by atoms with Crippen molar-refractivity contribution in [3.63, 3.8) is 0 Å². The van der Waals surface area contributed by atoms with E-state index in [4.69, 9.17) is 9.15 Å². The molecular weight excluding hydrogens is 456 g/mol. The highest BCUT2D eigenvalue weighted by Gasteiger charge is 2.37. The topological polar surface area (TPSA) is 81.4 Å². The Morgan fingerprint density at radius 1 is 0.941 bits per heavy atom. The molecule has 0 aliphatic carbocycles. The molecule has 1 amide bonds. The number of carbonyl (C=O) groups excluding carboxylic acids is 2. The number of halogens is 4. The predicted octanol–water partition coefficient (Wildman–Crippen LogP) is 5.09. The van der Waals surface area contributed by atoms with Crippen LogP contribution in [0.5, 0.6) is 0 Å². The Hall–Kier alpha value is -4.21. The molecule has 0 aliphatic rings. The van der Waals surface area contributed by atoms with Crippen LogP contribution in [0.1, 0.15) is 28.9 Å². The molecular formula is C24H16F4N2O4. The van der Waals surface area contributed by atoms with E-state index >= 15 is 17.6 Å². The van der Waals surface area contributed by atoms with Gasteiger partial charge in [0.1, 0.15) is 11.1 Å². The Bertz CT molecular complexity index is 1330. The number of carbonyl (C=O) groups is 2. The van der Waals surface area contributed by atoms with E-state index in [1.165, 1.54) is 43.3 Å². The summed E-state index contributed by atoms with van der Waals surface area (Å²) < 4.78 is 70.4. The zero-order valence-electron chi connectivity index (χ0n) is 17.6. The number of amides is 1. The van der Waals surface area contributed by atoms with Gasteiger partial charge >= 0.3 is 5.97 Å². The molecule has 0 aliphatic heterocycles. The van der Waals surface area contributed by atoms with Gasteiger partial charge in [0.05, 0.1) is 12.2 Å². The van der Waals surface area contributed by atoms with Gasteiger partial charge in [-0.1, -0.05) is 30.3 Å². The Kier molecular flexibility index (Phi) is 6.31. The molecule has 34 heavy (non-hydrogen) atoms. The molecule has 1 N–H and O–H groups in total. The number of rotatable bonds is 6. The van der Waals surface area contributed by atoms with Crippen molar-refractivity contribution >= 4 is 23.0 Å². The highest BCUT2D eigenvalue weighted by atomic mass is 19.2. The molecule has 0 radical (unpaired) electrons. The van der Waals surface area contributed by atoms with E-state index in [2.05, 4.69) is 10.3 Å². The Morgan fingerprint density at radius 3 is 2.18 bits per heavy atom. The van der Waals surface area contributed by atoms with Crippen LogP contribution >= 0.6 is 0 Å². The second-order valence-electron chi connectivity index (χ2n) is 7.06. The van der Waals surface area contributed by atoms with Crippen molar-refractivity contribution in [3.8, 4) is 11.5 Å². The molecule has 0 spiro atoms. The fourth-order valence-electron chi connectivity index (χ4n) is 3.35. The maximum absolute atomic E-state index is 15.1. The van der Waals surface area contributed by atoms with Gasteiger partial charge in [-0.3, -0.25) is 4.79 Å². The summed E-state index contributed by atoms with van der Waals surface area (Å²) in [5.74, 6) is -10.4. The van der Waals surface area contributed by atoms with Crippen LogP contribution in [0.2, 0.25) is 0 Å². The van der Waals surface area contributed by atoms with Crippen LogP contribution in [-0.2, 0) is 9.53 Å². The molecule has 1 heterocycles. The molecule has 0 saturated carbocycles. The summed E-state index contributed by atoms with van der Waals surface area (Å²) in [4.78, 5) is 28.9. The molecule has 174 valence electrons. The van der Waals surface area contributed by atoms with Crippen molar-refractivity contribution in [3.05, 3.63) is 89.0 Å². The van der Waals surface area contributed by atoms with Gasteiger partial charge in [0.15, 0.2) is 34.9 Å². The quantitative estimate of drug-likeness (QED) is 0.240. The number of nitrogens with one attached hydrogen (secondary N) is 1. The number of hydrogen-bond acceptors (Lipinski definition) is 5. The number of esters is 1. The first-order chi connectivity index (χ1) is 16.3. The standard InChI is InChI=1S/C24H16F4N2O4/c1-2-33-24(32)21(30-22(31)12-8-4-3-5-9-12)15-17(25)19(27)16(20(28)18(15)26)23-29-13-10-6-7-11-14(13)34-23/h3-11,21H,2H2,1H3,(H,30,31). The van der Waals surface area contributed by atoms with Gasteiger partial charge in [-0.05, 0) is 31.2 Å². The molecule has 4 aromatic rings. The first-order valence-corrected chi connectivity index (χ1v) is 10.1. The monoisotopic (exact) mass is 472 g/mol. The highest BCUT2D eigenvalue weighted by molar-refractivity contribution is 5.97. The molecule has 6 nitrogen and oxygen atoms in total. The normalized spacial score (nSPS) is 11.9. The smallest absolute Gasteiger partial charge is 0.333 e. The van der Waals surface area contributed by atoms with E-state index in [9.17, 15) is 9.59 Å². The number of benzene rings is 3. The first kappa shape index (κ1) is 23.0. The van der Waals surface area contributed by atoms with Crippen molar-refractivity contribution in [1.29, 1.82) is 0 Å². The summed E-state index contributed by atoms with van der Waals surface area (Å²) in [5, 5.41) is 2.09. The molecule has 4 rings (SSSR count). The number of fused-ring (bicyclic) bond motifs is 1. The van der Waals surface area contributed by atoms with Gasteiger partial charge < -0.3 is 14.5 Å². The van der Waals surface area contributed by atoms with E-state index in [0.29, 0.717) is 0 Å². The lowest BCUT2D eigenvalue weighted by molar-refractivity contribution is -0.145. The van der Waals surface area contributed by atoms with Gasteiger partial charge in [0.2, 0.25) is 5.89 Å². The zero-order chi connectivity index (χ0) is 24.4. The molecule has 10 heteroatoms. The average molecular weight is 472 g/mol. The van der Waals surface area contributed by atoms with Gasteiger partial charge in [0.25, 0.3) is 5.91 Å². The summed E-state index contributed by atoms with van der Waals surface area (Å²) >= 11 is 0. The second kappa shape index (κ2) is 9.34. The van der Waals surface area contributed by atoms with Gasteiger partial charge in [-0.15, -0.1) is 0 Å². The van der Waals surface area contributed by atoms with E-state index < -0.39 is 58.2 Å². The van der Waals surface area contributed by atoms with E-state index in [-0.39, 0.29) is 23.3 Å². The average Bonchev–Trinajstić information content (AvgIpc) is 3.26. The SMILES string of the molecule is CCOC(=O)C(NC(=O)c1ccccc1)c1c(F)c(F)c(-c2nc3ccccc3o2)c(F)c1F. The molecule has 1 aromatic heterocycles. The maximum Gasteiger partial charge on any atom is 0.333 e. The fourth-order valence-corrected chi connectivity index (χ4v) is 3.35. The first-order valence-electron chi connectivity index (χ1n) is 10.1. The van der Waals surface area contributed by atoms with Crippen molar-refractivity contribution in [1.82, 2.24) is 10.3 Å². The molecule has 1 atom stereocenters. The van der Waals surface area contributed by atoms with Crippen molar-refractivity contribution in [2.45, 2.75) is 13.0 Å². The Morgan fingerprint density at radius 2 is 1.56 bits per heavy atom. The number of para-hydroxylation sites is 2. The maximum atomic E-state index is 15.1. The van der Waals surface area contributed by atoms with E-state index in [1.54, 1.807) is 18.2 Å². The van der Waals surface area contributed by atoms with E-state index in [0.717, 1.165) is 0 Å². The summed E-state index contributed by atoms with van der Waals surface area (Å²) in [7, 11) is 0. The van der Waals surface area contributed by atoms with Crippen molar-refractivity contribution in [2.75, 3.05) is 6.61 Å². The minimum atomic E-state index is -2.17. The minimum absolute atomic E-state index is 0.0432. The van der Waals surface area contributed by atoms with Gasteiger partial charge in [-0.2, -0.15) is 0 Å². The lowest BCUT2D eigenvalue weighted by Crippen LogP contribution is -2.36. The lowest BCUT2D eigenvalue weighted by atomic mass is 10.0. The van der Waals surface area contributed by atoms with Crippen LogP contribution in [-0.4, -0.2) is 23.5 Å². The molecule has 1 unspecified atom stereocenters. The van der Waals surface area contributed by atoms with Crippen molar-refractivity contribution < 1.29 is 36.3 Å². The zero-order valence-corrected chi connectivity index (χ0v) is 17.6. The Balaban J connectivity index is 1.83. The predicted molar refractivity (Wildman–Crippen MR) is 113 cm³/mol. The summed E-state index contributed by atoms with van der Waals surface area (Å²) in [6.07, 6.45) is 0. The summed E-state index contributed by atoms with van der Waals surface area (Å²) in [6, 6.07) is 11.3. The van der Waals surface area contributed by atoms with Crippen molar-refractivity contribution in [2.24, 2.45) is 0 Å². The molecule has 0 saturated heterocycles. The second-order valence-corrected chi connectivity index (χ2v) is 7.06. The largest absolute Gasteiger partial charge is 0.464 e. The van der Waals surface area contributed by atoms with Crippen LogP contribution in [0.15, 0.2) is 59.0 Å². The summed E-state index contributed by atoms with van der Waals surface area (Å²) in [5.41, 5.74) is -2.15. The fraction of sp³-hybridized carbons (Fsp3) is 0.125. The van der Waals surface area contributed by atoms with Crippen LogP contribution < -0.4 is 5.32 Å². The van der Waals surface area contributed by atoms with Crippen LogP contribution in [0.25, 0.3) is 22.6 Å².